The van der Waals surface area contributed by atoms with E-state index in [0.717, 1.165) is 11.1 Å². The van der Waals surface area contributed by atoms with Crippen LogP contribution in [0.2, 0.25) is 0 Å². The molecule has 18 heavy (non-hydrogen) atoms. The van der Waals surface area contributed by atoms with Gasteiger partial charge in [0.1, 0.15) is 0 Å². The molecule has 0 aromatic heterocycles. The molecule has 0 radical (unpaired) electrons. The Labute approximate surface area is 105 Å². The fourth-order valence-corrected chi connectivity index (χ4v) is 1.68. The molecule has 2 rings (SSSR count). The quantitative estimate of drug-likeness (QED) is 0.559. The molecule has 2 aromatic carbocycles. The van der Waals surface area contributed by atoms with Crippen molar-refractivity contribution >= 4 is 11.7 Å². The van der Waals surface area contributed by atoms with Crippen molar-refractivity contribution in [1.82, 2.24) is 5.48 Å². The van der Waals surface area contributed by atoms with Gasteiger partial charge in [-0.2, -0.15) is 0 Å². The van der Waals surface area contributed by atoms with Crippen LogP contribution >= 0.6 is 0 Å². The maximum atomic E-state index is 11.0. The first kappa shape index (κ1) is 12.1. The van der Waals surface area contributed by atoms with Crippen LogP contribution in [0.1, 0.15) is 5.56 Å². The summed E-state index contributed by atoms with van der Waals surface area (Å²) in [6.45, 7) is 2.04. The second-order valence-electron chi connectivity index (χ2n) is 4.01. The van der Waals surface area contributed by atoms with Crippen molar-refractivity contribution in [3.8, 4) is 11.1 Å². The van der Waals surface area contributed by atoms with Gasteiger partial charge in [0, 0.05) is 5.69 Å². The standard InChI is InChI=1S/C14H14N2O2/c1-10-5-7-11(8-6-10)12-3-2-4-13(9-12)15-14(17)16-18/h2-9,18H,1H3,(H2,15,16,17). The molecule has 2 aromatic rings. The van der Waals surface area contributed by atoms with Gasteiger partial charge < -0.3 is 5.32 Å². The van der Waals surface area contributed by atoms with Gasteiger partial charge >= 0.3 is 6.03 Å². The van der Waals surface area contributed by atoms with Crippen LogP contribution in [0.3, 0.4) is 0 Å². The van der Waals surface area contributed by atoms with Gasteiger partial charge in [-0.25, -0.2) is 10.3 Å². The Morgan fingerprint density at radius 2 is 1.78 bits per heavy atom. The molecule has 0 unspecified atom stereocenters. The fourth-order valence-electron chi connectivity index (χ4n) is 1.68. The summed E-state index contributed by atoms with van der Waals surface area (Å²) in [6.07, 6.45) is 0. The van der Waals surface area contributed by atoms with E-state index in [4.69, 9.17) is 5.21 Å². The maximum absolute atomic E-state index is 11.0. The van der Waals surface area contributed by atoms with Crippen molar-refractivity contribution < 1.29 is 10.0 Å². The number of urea groups is 1. The Morgan fingerprint density at radius 1 is 1.06 bits per heavy atom. The van der Waals surface area contributed by atoms with Gasteiger partial charge in [0.25, 0.3) is 0 Å². The van der Waals surface area contributed by atoms with Gasteiger partial charge in [-0.1, -0.05) is 42.0 Å². The average molecular weight is 242 g/mol. The number of amides is 2. The Hall–Kier alpha value is -2.33. The first-order chi connectivity index (χ1) is 8.69. The highest BCUT2D eigenvalue weighted by Gasteiger charge is 2.02. The molecule has 0 spiro atoms. The molecular formula is C14H14N2O2. The van der Waals surface area contributed by atoms with Crippen LogP contribution in [0, 0.1) is 6.92 Å². The number of rotatable bonds is 2. The first-order valence-electron chi connectivity index (χ1n) is 5.57. The molecule has 0 saturated carbocycles. The smallest absolute Gasteiger partial charge is 0.306 e. The monoisotopic (exact) mass is 242 g/mol. The van der Waals surface area contributed by atoms with E-state index < -0.39 is 6.03 Å². The lowest BCUT2D eigenvalue weighted by atomic mass is 10.0. The Balaban J connectivity index is 2.26. The summed E-state index contributed by atoms with van der Waals surface area (Å²) >= 11 is 0. The van der Waals surface area contributed by atoms with Crippen molar-refractivity contribution in [2.75, 3.05) is 5.32 Å². The third-order valence-electron chi connectivity index (χ3n) is 2.61. The number of hydrogen-bond acceptors (Lipinski definition) is 2. The van der Waals surface area contributed by atoms with E-state index in [1.807, 2.05) is 49.4 Å². The summed E-state index contributed by atoms with van der Waals surface area (Å²) < 4.78 is 0. The van der Waals surface area contributed by atoms with Crippen LogP contribution < -0.4 is 10.8 Å². The van der Waals surface area contributed by atoms with Crippen LogP contribution in [-0.2, 0) is 0 Å². The van der Waals surface area contributed by atoms with Crippen molar-refractivity contribution in [3.63, 3.8) is 0 Å². The first-order valence-corrected chi connectivity index (χ1v) is 5.57. The van der Waals surface area contributed by atoms with E-state index in [0.29, 0.717) is 5.69 Å². The third-order valence-corrected chi connectivity index (χ3v) is 2.61. The summed E-state index contributed by atoms with van der Waals surface area (Å²) in [4.78, 5) is 11.0. The Bertz CT molecular complexity index is 550. The van der Waals surface area contributed by atoms with E-state index in [2.05, 4.69) is 5.32 Å². The Kier molecular flexibility index (Phi) is 3.60. The minimum Gasteiger partial charge on any atom is -0.306 e. The summed E-state index contributed by atoms with van der Waals surface area (Å²) in [5.74, 6) is 0. The minimum absolute atomic E-state index is 0.625. The van der Waals surface area contributed by atoms with Crippen molar-refractivity contribution in [1.29, 1.82) is 0 Å². The number of carbonyl (C=O) groups excluding carboxylic acids is 1. The van der Waals surface area contributed by atoms with Crippen LogP contribution in [0.25, 0.3) is 11.1 Å². The number of nitrogens with one attached hydrogen (secondary N) is 2. The van der Waals surface area contributed by atoms with E-state index in [1.54, 1.807) is 6.07 Å². The summed E-state index contributed by atoms with van der Waals surface area (Å²) in [5.41, 5.74) is 5.44. The van der Waals surface area contributed by atoms with E-state index in [1.165, 1.54) is 11.0 Å². The molecule has 2 amide bonds. The number of hydrogen-bond donors (Lipinski definition) is 3. The molecule has 4 nitrogen and oxygen atoms in total. The van der Waals surface area contributed by atoms with Gasteiger partial charge in [-0.3, -0.25) is 5.21 Å². The van der Waals surface area contributed by atoms with Gasteiger partial charge in [0.2, 0.25) is 0 Å². The van der Waals surface area contributed by atoms with Gasteiger partial charge in [-0.15, -0.1) is 0 Å². The third kappa shape index (κ3) is 2.87. The van der Waals surface area contributed by atoms with Crippen molar-refractivity contribution in [2.45, 2.75) is 6.92 Å². The SMILES string of the molecule is Cc1ccc(-c2cccc(NC(=O)NO)c2)cc1. The molecule has 0 bridgehead atoms. The average Bonchev–Trinajstić information content (AvgIpc) is 2.40. The Morgan fingerprint density at radius 3 is 2.44 bits per heavy atom. The second kappa shape index (κ2) is 5.33. The van der Waals surface area contributed by atoms with Gasteiger partial charge in [-0.05, 0) is 30.2 Å². The zero-order valence-electron chi connectivity index (χ0n) is 9.97. The van der Waals surface area contributed by atoms with E-state index in [9.17, 15) is 4.79 Å². The minimum atomic E-state index is -0.656. The zero-order chi connectivity index (χ0) is 13.0. The molecule has 0 fully saturated rings. The molecular weight excluding hydrogens is 228 g/mol. The summed E-state index contributed by atoms with van der Waals surface area (Å²) in [7, 11) is 0. The molecule has 92 valence electrons. The molecule has 0 atom stereocenters. The summed E-state index contributed by atoms with van der Waals surface area (Å²) in [6, 6.07) is 14.9. The number of benzene rings is 2. The number of carbonyl (C=O) groups is 1. The molecule has 3 N–H and O–H groups in total. The lowest BCUT2D eigenvalue weighted by Crippen LogP contribution is -2.24. The predicted octanol–water partition coefficient (Wildman–Crippen LogP) is 3.17. The topological polar surface area (TPSA) is 61.4 Å². The molecule has 0 saturated heterocycles. The number of aryl methyl sites for hydroxylation is 1. The van der Waals surface area contributed by atoms with Crippen LogP contribution in [0.15, 0.2) is 48.5 Å². The molecule has 0 aliphatic rings. The zero-order valence-corrected chi connectivity index (χ0v) is 9.97. The fraction of sp³-hybridized carbons (Fsp3) is 0.0714. The highest BCUT2D eigenvalue weighted by Crippen LogP contribution is 2.22. The van der Waals surface area contributed by atoms with E-state index in [-0.39, 0.29) is 0 Å². The van der Waals surface area contributed by atoms with Crippen LogP contribution in [-0.4, -0.2) is 11.2 Å². The lowest BCUT2D eigenvalue weighted by molar-refractivity contribution is 0.172. The molecule has 0 heterocycles. The molecule has 0 aliphatic carbocycles. The molecule has 0 aliphatic heterocycles. The van der Waals surface area contributed by atoms with Gasteiger partial charge in [0.05, 0.1) is 0 Å². The largest absolute Gasteiger partial charge is 0.342 e. The van der Waals surface area contributed by atoms with Crippen molar-refractivity contribution in [2.24, 2.45) is 0 Å². The predicted molar refractivity (Wildman–Crippen MR) is 70.6 cm³/mol. The van der Waals surface area contributed by atoms with Crippen molar-refractivity contribution in [3.05, 3.63) is 54.1 Å². The lowest BCUT2D eigenvalue weighted by Gasteiger charge is -2.07. The number of hydroxylamine groups is 1. The second-order valence-corrected chi connectivity index (χ2v) is 4.01. The van der Waals surface area contributed by atoms with Gasteiger partial charge in [0.15, 0.2) is 0 Å². The highest BCUT2D eigenvalue weighted by molar-refractivity contribution is 5.89. The maximum Gasteiger partial charge on any atom is 0.342 e. The van der Waals surface area contributed by atoms with E-state index >= 15 is 0 Å². The summed E-state index contributed by atoms with van der Waals surface area (Å²) in [5, 5.41) is 11.0. The number of anilines is 1. The molecule has 4 heteroatoms. The normalized spacial score (nSPS) is 9.89. The van der Waals surface area contributed by atoms with Crippen LogP contribution in [0.5, 0.6) is 0 Å². The highest BCUT2D eigenvalue weighted by atomic mass is 16.5. The van der Waals surface area contributed by atoms with Crippen LogP contribution in [0.4, 0.5) is 10.5 Å².